The Balaban J connectivity index is 2.29. The molecule has 1 aromatic heterocycles. The zero-order valence-corrected chi connectivity index (χ0v) is 11.0. The summed E-state index contributed by atoms with van der Waals surface area (Å²) in [6.45, 7) is 2.01. The van der Waals surface area contributed by atoms with Crippen molar-refractivity contribution in [2.75, 3.05) is 6.61 Å². The number of ether oxygens (including phenoxy) is 1. The summed E-state index contributed by atoms with van der Waals surface area (Å²) in [7, 11) is 0. The molecule has 0 N–H and O–H groups in total. The van der Waals surface area contributed by atoms with Crippen LogP contribution in [0.2, 0.25) is 5.02 Å². The van der Waals surface area contributed by atoms with Crippen molar-refractivity contribution in [2.45, 2.75) is 6.92 Å². The average molecular weight is 286 g/mol. The van der Waals surface area contributed by atoms with Crippen molar-refractivity contribution in [1.29, 1.82) is 0 Å². The SMILES string of the molecule is CCOC(=O)c1csc(-c2ccc(Cl)c(F)c2)n1. The minimum atomic E-state index is -0.512. The van der Waals surface area contributed by atoms with E-state index in [9.17, 15) is 9.18 Å². The number of nitrogens with zero attached hydrogens (tertiary/aromatic N) is 1. The van der Waals surface area contributed by atoms with Crippen LogP contribution in [0, 0.1) is 5.82 Å². The molecule has 2 aromatic rings. The van der Waals surface area contributed by atoms with Crippen molar-refractivity contribution in [3.63, 3.8) is 0 Å². The van der Waals surface area contributed by atoms with Gasteiger partial charge >= 0.3 is 5.97 Å². The summed E-state index contributed by atoms with van der Waals surface area (Å²) in [4.78, 5) is 15.5. The summed E-state index contributed by atoms with van der Waals surface area (Å²) in [5, 5.41) is 2.19. The molecule has 0 atom stereocenters. The highest BCUT2D eigenvalue weighted by Gasteiger charge is 2.13. The van der Waals surface area contributed by atoms with Crippen LogP contribution >= 0.6 is 22.9 Å². The number of hydrogen-bond donors (Lipinski definition) is 0. The molecule has 0 aliphatic rings. The summed E-state index contributed by atoms with van der Waals surface area (Å²) in [5.74, 6) is -0.989. The molecule has 0 unspecified atom stereocenters. The van der Waals surface area contributed by atoms with Gasteiger partial charge in [0.25, 0.3) is 0 Å². The van der Waals surface area contributed by atoms with Crippen molar-refractivity contribution in [2.24, 2.45) is 0 Å². The first kappa shape index (κ1) is 13.0. The number of carbonyl (C=O) groups excluding carboxylic acids is 1. The molecule has 0 amide bonds. The average Bonchev–Trinajstić information content (AvgIpc) is 2.82. The molecule has 0 radical (unpaired) electrons. The minimum absolute atomic E-state index is 0.0564. The second-order valence-electron chi connectivity index (χ2n) is 3.39. The number of halogens is 2. The third kappa shape index (κ3) is 2.68. The maximum atomic E-state index is 13.3. The second-order valence-corrected chi connectivity index (χ2v) is 4.65. The molecule has 2 rings (SSSR count). The van der Waals surface area contributed by atoms with Gasteiger partial charge in [0.2, 0.25) is 0 Å². The molecule has 0 aliphatic carbocycles. The van der Waals surface area contributed by atoms with Gasteiger partial charge in [-0.1, -0.05) is 17.7 Å². The van der Waals surface area contributed by atoms with E-state index in [1.165, 1.54) is 23.5 Å². The van der Waals surface area contributed by atoms with Gasteiger partial charge in [0.15, 0.2) is 5.69 Å². The Morgan fingerprint density at radius 3 is 3.00 bits per heavy atom. The van der Waals surface area contributed by atoms with Gasteiger partial charge in [-0.2, -0.15) is 0 Å². The third-order valence-electron chi connectivity index (χ3n) is 2.16. The van der Waals surface area contributed by atoms with E-state index >= 15 is 0 Å². The van der Waals surface area contributed by atoms with Crippen LogP contribution in [0.1, 0.15) is 17.4 Å². The predicted molar refractivity (Wildman–Crippen MR) is 68.5 cm³/mol. The van der Waals surface area contributed by atoms with Crippen LogP contribution < -0.4 is 0 Å². The highest BCUT2D eigenvalue weighted by Crippen LogP contribution is 2.27. The number of hydrogen-bond acceptors (Lipinski definition) is 4. The molecule has 94 valence electrons. The van der Waals surface area contributed by atoms with E-state index in [0.29, 0.717) is 17.2 Å². The first-order chi connectivity index (χ1) is 8.61. The summed E-state index contributed by atoms with van der Waals surface area (Å²) < 4.78 is 18.1. The van der Waals surface area contributed by atoms with Gasteiger partial charge in [0, 0.05) is 10.9 Å². The highest BCUT2D eigenvalue weighted by atomic mass is 35.5. The Morgan fingerprint density at radius 2 is 2.33 bits per heavy atom. The molecule has 0 saturated carbocycles. The van der Waals surface area contributed by atoms with Crippen LogP contribution in [0.25, 0.3) is 10.6 Å². The van der Waals surface area contributed by atoms with Crippen LogP contribution in [0.3, 0.4) is 0 Å². The quantitative estimate of drug-likeness (QED) is 0.806. The van der Waals surface area contributed by atoms with Crippen LogP contribution in [-0.4, -0.2) is 17.6 Å². The summed E-state index contributed by atoms with van der Waals surface area (Å²) in [6, 6.07) is 4.40. The Morgan fingerprint density at radius 1 is 1.56 bits per heavy atom. The zero-order chi connectivity index (χ0) is 13.1. The fraction of sp³-hybridized carbons (Fsp3) is 0.167. The van der Waals surface area contributed by atoms with Crippen LogP contribution in [-0.2, 0) is 4.74 Å². The third-order valence-corrected chi connectivity index (χ3v) is 3.35. The van der Waals surface area contributed by atoms with E-state index in [-0.39, 0.29) is 10.7 Å². The number of esters is 1. The fourth-order valence-electron chi connectivity index (χ4n) is 1.33. The number of aromatic nitrogens is 1. The maximum absolute atomic E-state index is 13.3. The van der Waals surface area contributed by atoms with Crippen molar-refractivity contribution >= 4 is 28.9 Å². The summed E-state index contributed by atoms with van der Waals surface area (Å²) in [5.41, 5.74) is 0.810. The van der Waals surface area contributed by atoms with Crippen molar-refractivity contribution in [3.05, 3.63) is 40.1 Å². The normalized spacial score (nSPS) is 10.4. The molecule has 3 nitrogen and oxygen atoms in total. The van der Waals surface area contributed by atoms with Crippen LogP contribution in [0.15, 0.2) is 23.6 Å². The Bertz CT molecular complexity index is 585. The Kier molecular flexibility index (Phi) is 3.93. The largest absolute Gasteiger partial charge is 0.461 e. The van der Waals surface area contributed by atoms with E-state index in [1.807, 2.05) is 0 Å². The molecule has 0 saturated heterocycles. The van der Waals surface area contributed by atoms with Gasteiger partial charge in [-0.3, -0.25) is 0 Å². The van der Waals surface area contributed by atoms with E-state index in [2.05, 4.69) is 4.98 Å². The molecular formula is C12H9ClFNO2S. The lowest BCUT2D eigenvalue weighted by Gasteiger charge is -1.98. The molecule has 1 aromatic carbocycles. The minimum Gasteiger partial charge on any atom is -0.461 e. The summed E-state index contributed by atoms with van der Waals surface area (Å²) in [6.07, 6.45) is 0. The van der Waals surface area contributed by atoms with E-state index in [0.717, 1.165) is 0 Å². The molecule has 0 spiro atoms. The molecule has 0 aliphatic heterocycles. The Hall–Kier alpha value is -1.46. The lowest BCUT2D eigenvalue weighted by molar-refractivity contribution is 0.0520. The summed E-state index contributed by atoms with van der Waals surface area (Å²) >= 11 is 6.85. The van der Waals surface area contributed by atoms with Crippen LogP contribution in [0.5, 0.6) is 0 Å². The van der Waals surface area contributed by atoms with Crippen molar-refractivity contribution in [1.82, 2.24) is 4.98 Å². The highest BCUT2D eigenvalue weighted by molar-refractivity contribution is 7.13. The lowest BCUT2D eigenvalue weighted by Crippen LogP contribution is -2.04. The first-order valence-electron chi connectivity index (χ1n) is 5.20. The second kappa shape index (κ2) is 5.46. The van der Waals surface area contributed by atoms with Gasteiger partial charge in [-0.25, -0.2) is 14.2 Å². The smallest absolute Gasteiger partial charge is 0.357 e. The Labute approximate surface area is 112 Å². The van der Waals surface area contributed by atoms with Gasteiger partial charge in [0.1, 0.15) is 10.8 Å². The van der Waals surface area contributed by atoms with Gasteiger partial charge in [-0.05, 0) is 19.1 Å². The topological polar surface area (TPSA) is 39.2 Å². The number of carbonyl (C=O) groups is 1. The van der Waals surface area contributed by atoms with E-state index in [4.69, 9.17) is 16.3 Å². The van der Waals surface area contributed by atoms with E-state index in [1.54, 1.807) is 18.4 Å². The maximum Gasteiger partial charge on any atom is 0.357 e. The predicted octanol–water partition coefficient (Wildman–Crippen LogP) is 3.78. The van der Waals surface area contributed by atoms with E-state index < -0.39 is 11.8 Å². The van der Waals surface area contributed by atoms with Crippen molar-refractivity contribution in [3.8, 4) is 10.6 Å². The fourth-order valence-corrected chi connectivity index (χ4v) is 2.24. The molecule has 0 bridgehead atoms. The first-order valence-corrected chi connectivity index (χ1v) is 6.45. The standard InChI is InChI=1S/C12H9ClFNO2S/c1-2-17-12(16)10-6-18-11(15-10)7-3-4-8(13)9(14)5-7/h3-6H,2H2,1H3. The number of thiazole rings is 1. The molecular weight excluding hydrogens is 277 g/mol. The van der Waals surface area contributed by atoms with Gasteiger partial charge < -0.3 is 4.74 Å². The molecule has 1 heterocycles. The number of rotatable bonds is 3. The van der Waals surface area contributed by atoms with Crippen LogP contribution in [0.4, 0.5) is 4.39 Å². The molecule has 18 heavy (non-hydrogen) atoms. The molecule has 6 heteroatoms. The van der Waals surface area contributed by atoms with Gasteiger partial charge in [-0.15, -0.1) is 11.3 Å². The van der Waals surface area contributed by atoms with Crippen molar-refractivity contribution < 1.29 is 13.9 Å². The van der Waals surface area contributed by atoms with Gasteiger partial charge in [0.05, 0.1) is 11.6 Å². The zero-order valence-electron chi connectivity index (χ0n) is 9.44. The monoisotopic (exact) mass is 285 g/mol. The molecule has 0 fully saturated rings. The number of benzene rings is 1. The lowest BCUT2D eigenvalue weighted by atomic mass is 10.2.